The molecule has 0 aromatic rings. The van der Waals surface area contributed by atoms with Gasteiger partial charge in [-0.3, -0.25) is 19.2 Å². The Labute approximate surface area is 73.8 Å². The smallest absolute Gasteiger partial charge is 0.327 e. The first-order valence-electron chi connectivity index (χ1n) is 3.45. The molecule has 0 unspecified atom stereocenters. The Hall–Kier alpha value is -1.72. The summed E-state index contributed by atoms with van der Waals surface area (Å²) in [5, 5.41) is 0. The molecule has 0 N–H and O–H groups in total. The van der Waals surface area contributed by atoms with Gasteiger partial charge < -0.3 is 9.47 Å². The molecule has 0 atom stereocenters. The minimum atomic E-state index is -1.23. The zero-order valence-corrected chi connectivity index (χ0v) is 6.89. The lowest BCUT2D eigenvalue weighted by Gasteiger charge is -2.06. The second-order valence-corrected chi connectivity index (χ2v) is 2.03. The predicted molar refractivity (Wildman–Crippen MR) is 38.1 cm³/mol. The third-order valence-electron chi connectivity index (χ3n) is 1.31. The normalized spacial score (nSPS) is 9.08. The number of rotatable bonds is 5. The van der Waals surface area contributed by atoms with Gasteiger partial charge in [0.25, 0.3) is 0 Å². The van der Waals surface area contributed by atoms with E-state index in [1.54, 1.807) is 0 Å². The lowest BCUT2D eigenvalue weighted by Crippen LogP contribution is -2.26. The molecule has 6 heteroatoms. The summed E-state index contributed by atoms with van der Waals surface area (Å²) in [6, 6.07) is 0. The van der Waals surface area contributed by atoms with Gasteiger partial charge in [-0.15, -0.1) is 0 Å². The van der Waals surface area contributed by atoms with Gasteiger partial charge in [0.05, 0.1) is 0 Å². The largest absolute Gasteiger partial charge is 0.395 e. The molecule has 0 bridgehead atoms. The molecule has 6 nitrogen and oxygen atoms in total. The van der Waals surface area contributed by atoms with Crippen molar-refractivity contribution in [2.24, 2.45) is 5.92 Å². The monoisotopic (exact) mass is 188 g/mol. The average Bonchev–Trinajstić information content (AvgIpc) is 2.06. The van der Waals surface area contributed by atoms with Crippen LogP contribution in [0.15, 0.2) is 0 Å². The van der Waals surface area contributed by atoms with Crippen molar-refractivity contribution in [3.63, 3.8) is 0 Å². The molecule has 0 aliphatic heterocycles. The molecule has 0 saturated heterocycles. The van der Waals surface area contributed by atoms with Crippen LogP contribution in [0.1, 0.15) is 13.3 Å². The second-order valence-electron chi connectivity index (χ2n) is 2.03. The molecule has 0 aromatic carbocycles. The first-order valence-corrected chi connectivity index (χ1v) is 3.45. The third kappa shape index (κ3) is 3.46. The van der Waals surface area contributed by atoms with E-state index in [-0.39, 0.29) is 19.4 Å². The summed E-state index contributed by atoms with van der Waals surface area (Å²) >= 11 is 0. The highest BCUT2D eigenvalue weighted by Crippen LogP contribution is 2.06. The molecule has 72 valence electrons. The van der Waals surface area contributed by atoms with Crippen LogP contribution >= 0.6 is 0 Å². The number of ether oxygens (including phenoxy) is 2. The summed E-state index contributed by atoms with van der Waals surface area (Å²) in [7, 11) is 0. The minimum absolute atomic E-state index is 0.0841. The topological polar surface area (TPSA) is 86.7 Å². The Morgan fingerprint density at radius 3 is 1.77 bits per heavy atom. The second kappa shape index (κ2) is 5.87. The molecule has 0 aliphatic rings. The molecule has 0 amide bonds. The Morgan fingerprint density at radius 1 is 1.15 bits per heavy atom. The lowest BCUT2D eigenvalue weighted by molar-refractivity contribution is -0.164. The van der Waals surface area contributed by atoms with Crippen molar-refractivity contribution in [2.45, 2.75) is 13.3 Å². The number of hydrogen-bond acceptors (Lipinski definition) is 6. The van der Waals surface area contributed by atoms with Crippen molar-refractivity contribution in [1.29, 1.82) is 0 Å². The van der Waals surface area contributed by atoms with Crippen molar-refractivity contribution >= 4 is 24.9 Å². The predicted octanol–water partition coefficient (Wildman–Crippen LogP) is -0.588. The van der Waals surface area contributed by atoms with Crippen molar-refractivity contribution in [3.8, 4) is 0 Å². The third-order valence-corrected chi connectivity index (χ3v) is 1.31. The Balaban J connectivity index is 4.30. The van der Waals surface area contributed by atoms with Crippen molar-refractivity contribution < 1.29 is 28.7 Å². The molecule has 0 aliphatic carbocycles. The maximum absolute atomic E-state index is 10.8. The van der Waals surface area contributed by atoms with Gasteiger partial charge in [-0.2, -0.15) is 0 Å². The van der Waals surface area contributed by atoms with E-state index in [0.29, 0.717) is 0 Å². The molecule has 13 heavy (non-hydrogen) atoms. The zero-order valence-electron chi connectivity index (χ0n) is 6.89. The van der Waals surface area contributed by atoms with Gasteiger partial charge in [0.15, 0.2) is 5.92 Å². The maximum Gasteiger partial charge on any atom is 0.327 e. The van der Waals surface area contributed by atoms with E-state index in [4.69, 9.17) is 0 Å². The van der Waals surface area contributed by atoms with E-state index < -0.39 is 17.9 Å². The standard InChI is InChI=1S/C7H8O6/c1-2-5(6(10)12-3-8)7(11)13-4-9/h3-5H,2H2,1H3. The highest BCUT2D eigenvalue weighted by atomic mass is 16.6. The molecule has 0 saturated carbocycles. The van der Waals surface area contributed by atoms with E-state index >= 15 is 0 Å². The van der Waals surface area contributed by atoms with E-state index in [1.165, 1.54) is 6.92 Å². The molecule has 0 spiro atoms. The number of hydrogen-bond donors (Lipinski definition) is 0. The highest BCUT2D eigenvalue weighted by molar-refractivity contribution is 5.98. The molecule has 0 aromatic heterocycles. The van der Waals surface area contributed by atoms with E-state index in [0.717, 1.165) is 0 Å². The quantitative estimate of drug-likeness (QED) is 0.325. The van der Waals surface area contributed by atoms with Crippen LogP contribution in [0.5, 0.6) is 0 Å². The van der Waals surface area contributed by atoms with Crippen LogP contribution in [-0.2, 0) is 28.7 Å². The van der Waals surface area contributed by atoms with E-state index in [9.17, 15) is 19.2 Å². The van der Waals surface area contributed by atoms with E-state index in [2.05, 4.69) is 9.47 Å². The van der Waals surface area contributed by atoms with Gasteiger partial charge in [-0.05, 0) is 6.42 Å². The zero-order chi connectivity index (χ0) is 10.3. The van der Waals surface area contributed by atoms with Gasteiger partial charge in [-0.1, -0.05) is 6.92 Å². The molecule has 0 heterocycles. The summed E-state index contributed by atoms with van der Waals surface area (Å²) < 4.78 is 7.85. The summed E-state index contributed by atoms with van der Waals surface area (Å²) in [4.78, 5) is 41.1. The van der Waals surface area contributed by atoms with Gasteiger partial charge >= 0.3 is 24.9 Å². The molecule has 0 fully saturated rings. The van der Waals surface area contributed by atoms with Crippen LogP contribution in [0.4, 0.5) is 0 Å². The molecular weight excluding hydrogens is 180 g/mol. The van der Waals surface area contributed by atoms with Crippen LogP contribution in [0.3, 0.4) is 0 Å². The van der Waals surface area contributed by atoms with Crippen LogP contribution in [0.2, 0.25) is 0 Å². The van der Waals surface area contributed by atoms with Crippen molar-refractivity contribution in [1.82, 2.24) is 0 Å². The molecule has 0 radical (unpaired) electrons. The van der Waals surface area contributed by atoms with Crippen molar-refractivity contribution in [2.75, 3.05) is 0 Å². The fourth-order valence-electron chi connectivity index (χ4n) is 0.689. The first kappa shape index (κ1) is 11.3. The van der Waals surface area contributed by atoms with Gasteiger partial charge in [-0.25, -0.2) is 0 Å². The number of esters is 2. The Kier molecular flexibility index (Phi) is 5.09. The summed E-state index contributed by atoms with van der Waals surface area (Å²) in [5.74, 6) is -3.27. The Bertz CT molecular complexity index is 199. The SMILES string of the molecule is CCC(C(=O)OC=O)C(=O)OC=O. The van der Waals surface area contributed by atoms with Crippen LogP contribution in [-0.4, -0.2) is 24.9 Å². The van der Waals surface area contributed by atoms with Gasteiger partial charge in [0.2, 0.25) is 0 Å². The summed E-state index contributed by atoms with van der Waals surface area (Å²) in [5.41, 5.74) is 0. The first-order chi connectivity index (χ1) is 6.17. The summed E-state index contributed by atoms with van der Waals surface area (Å²) in [6.07, 6.45) is 0.0966. The van der Waals surface area contributed by atoms with E-state index in [1.807, 2.05) is 0 Å². The van der Waals surface area contributed by atoms with Gasteiger partial charge in [0.1, 0.15) is 0 Å². The molecule has 0 rings (SSSR count). The minimum Gasteiger partial charge on any atom is -0.395 e. The lowest BCUT2D eigenvalue weighted by atomic mass is 10.1. The highest BCUT2D eigenvalue weighted by Gasteiger charge is 2.27. The van der Waals surface area contributed by atoms with Crippen LogP contribution in [0, 0.1) is 5.92 Å². The fraction of sp³-hybridized carbons (Fsp3) is 0.429. The number of carbonyl (C=O) groups excluding carboxylic acids is 4. The molecular formula is C7H8O6. The maximum atomic E-state index is 10.8. The van der Waals surface area contributed by atoms with Crippen LogP contribution < -0.4 is 0 Å². The Morgan fingerprint density at radius 2 is 1.54 bits per heavy atom. The average molecular weight is 188 g/mol. The van der Waals surface area contributed by atoms with Crippen molar-refractivity contribution in [3.05, 3.63) is 0 Å². The summed E-state index contributed by atoms with van der Waals surface area (Å²) in [6.45, 7) is 1.35. The van der Waals surface area contributed by atoms with Crippen LogP contribution in [0.25, 0.3) is 0 Å². The van der Waals surface area contributed by atoms with Gasteiger partial charge in [0, 0.05) is 0 Å². The fourth-order valence-corrected chi connectivity index (χ4v) is 0.689. The number of carbonyl (C=O) groups is 4.